The first-order valence-corrected chi connectivity index (χ1v) is 5.37. The van der Waals surface area contributed by atoms with Crippen molar-refractivity contribution in [3.63, 3.8) is 0 Å². The van der Waals surface area contributed by atoms with Gasteiger partial charge in [-0.05, 0) is 31.2 Å². The largest absolute Gasteiger partial charge is 0.463 e. The van der Waals surface area contributed by atoms with Gasteiger partial charge >= 0.3 is 5.97 Å². The molecule has 0 radical (unpaired) electrons. The summed E-state index contributed by atoms with van der Waals surface area (Å²) in [5.41, 5.74) is 0.916. The fourth-order valence-electron chi connectivity index (χ4n) is 0.942. The molecule has 0 heterocycles. The van der Waals surface area contributed by atoms with Gasteiger partial charge in [0.25, 0.3) is 0 Å². The highest BCUT2D eigenvalue weighted by Gasteiger charge is 1.92. The number of anilines is 1. The lowest BCUT2D eigenvalue weighted by Gasteiger charge is -2.00. The van der Waals surface area contributed by atoms with Gasteiger partial charge in [0.1, 0.15) is 0 Å². The van der Waals surface area contributed by atoms with Crippen LogP contribution in [0.3, 0.4) is 0 Å². The molecule has 0 aromatic heterocycles. The molecule has 4 heteroatoms. The van der Waals surface area contributed by atoms with E-state index in [0.29, 0.717) is 6.61 Å². The van der Waals surface area contributed by atoms with Crippen LogP contribution in [0.4, 0.5) is 5.69 Å². The van der Waals surface area contributed by atoms with E-state index in [2.05, 4.69) is 21.2 Å². The van der Waals surface area contributed by atoms with Crippen molar-refractivity contribution in [2.24, 2.45) is 0 Å². The summed E-state index contributed by atoms with van der Waals surface area (Å²) in [6.07, 6.45) is 2.91. The van der Waals surface area contributed by atoms with Crippen LogP contribution >= 0.6 is 15.9 Å². The van der Waals surface area contributed by atoms with Crippen molar-refractivity contribution < 1.29 is 9.53 Å². The normalized spacial score (nSPS) is 10.3. The predicted molar refractivity (Wildman–Crippen MR) is 63.5 cm³/mol. The van der Waals surface area contributed by atoms with Gasteiger partial charge in [-0.1, -0.05) is 15.9 Å². The first-order chi connectivity index (χ1) is 7.22. The van der Waals surface area contributed by atoms with Gasteiger partial charge in [-0.2, -0.15) is 0 Å². The highest BCUT2D eigenvalue weighted by Crippen LogP contribution is 2.13. The van der Waals surface area contributed by atoms with Gasteiger partial charge in [-0.25, -0.2) is 4.79 Å². The van der Waals surface area contributed by atoms with Gasteiger partial charge in [0.15, 0.2) is 0 Å². The lowest BCUT2D eigenvalue weighted by atomic mass is 10.3. The molecule has 1 aromatic rings. The van der Waals surface area contributed by atoms with Crippen molar-refractivity contribution in [2.45, 2.75) is 6.92 Å². The molecule has 0 bridgehead atoms. The van der Waals surface area contributed by atoms with Crippen LogP contribution < -0.4 is 5.32 Å². The average Bonchev–Trinajstić information content (AvgIpc) is 2.21. The zero-order chi connectivity index (χ0) is 11.1. The molecule has 3 nitrogen and oxygen atoms in total. The number of carbonyl (C=O) groups is 1. The number of rotatable bonds is 4. The van der Waals surface area contributed by atoms with Crippen molar-refractivity contribution in [3.8, 4) is 0 Å². The minimum atomic E-state index is -0.345. The highest BCUT2D eigenvalue weighted by molar-refractivity contribution is 9.10. The van der Waals surface area contributed by atoms with Gasteiger partial charge < -0.3 is 10.1 Å². The Morgan fingerprint density at radius 3 is 2.73 bits per heavy atom. The van der Waals surface area contributed by atoms with Crippen LogP contribution in [0.1, 0.15) is 6.92 Å². The molecule has 0 aliphatic rings. The first kappa shape index (κ1) is 11.8. The third-order valence-corrected chi connectivity index (χ3v) is 2.13. The molecule has 0 amide bonds. The fraction of sp³-hybridized carbons (Fsp3) is 0.182. The second-order valence-electron chi connectivity index (χ2n) is 2.74. The summed E-state index contributed by atoms with van der Waals surface area (Å²) in [5.74, 6) is -0.345. The number of hydrogen-bond donors (Lipinski definition) is 1. The third-order valence-electron chi connectivity index (χ3n) is 1.60. The maximum atomic E-state index is 10.9. The molecule has 0 spiro atoms. The van der Waals surface area contributed by atoms with E-state index in [4.69, 9.17) is 4.74 Å². The molecule has 0 saturated heterocycles. The summed E-state index contributed by atoms with van der Waals surface area (Å²) < 4.78 is 5.74. The molecule has 15 heavy (non-hydrogen) atoms. The number of ether oxygens (including phenoxy) is 1. The maximum Gasteiger partial charge on any atom is 0.332 e. The molecule has 0 aliphatic heterocycles. The summed E-state index contributed by atoms with van der Waals surface area (Å²) in [6.45, 7) is 2.16. The predicted octanol–water partition coefficient (Wildman–Crippen LogP) is 2.94. The first-order valence-electron chi connectivity index (χ1n) is 4.58. The minimum Gasteiger partial charge on any atom is -0.463 e. The van der Waals surface area contributed by atoms with E-state index in [-0.39, 0.29) is 5.97 Å². The van der Waals surface area contributed by atoms with E-state index in [0.717, 1.165) is 10.2 Å². The Kier molecular flexibility index (Phi) is 4.90. The molecule has 1 N–H and O–H groups in total. The van der Waals surface area contributed by atoms with Crippen molar-refractivity contribution in [1.82, 2.24) is 0 Å². The summed E-state index contributed by atoms with van der Waals surface area (Å²) in [7, 11) is 0. The number of halogens is 1. The van der Waals surface area contributed by atoms with Gasteiger partial charge in [-0.15, -0.1) is 0 Å². The number of hydrogen-bond acceptors (Lipinski definition) is 3. The van der Waals surface area contributed by atoms with E-state index in [1.807, 2.05) is 24.3 Å². The summed E-state index contributed by atoms with van der Waals surface area (Å²) in [4.78, 5) is 10.9. The van der Waals surface area contributed by atoms with Crippen molar-refractivity contribution in [3.05, 3.63) is 41.0 Å². The van der Waals surface area contributed by atoms with Crippen LogP contribution in [-0.2, 0) is 9.53 Å². The van der Waals surface area contributed by atoms with E-state index in [9.17, 15) is 4.79 Å². The molecule has 1 rings (SSSR count). The van der Waals surface area contributed by atoms with Gasteiger partial charge in [0.2, 0.25) is 0 Å². The zero-order valence-electron chi connectivity index (χ0n) is 8.37. The number of esters is 1. The molecule has 0 saturated carbocycles. The second-order valence-corrected chi connectivity index (χ2v) is 3.65. The average molecular weight is 270 g/mol. The second kappa shape index (κ2) is 6.24. The topological polar surface area (TPSA) is 38.3 Å². The standard InChI is InChI=1S/C11H12BrNO2/c1-2-15-11(14)7-8-13-10-5-3-9(12)4-6-10/h3-8,13H,2H2,1H3. The fourth-order valence-corrected chi connectivity index (χ4v) is 1.21. The van der Waals surface area contributed by atoms with E-state index < -0.39 is 0 Å². The number of benzene rings is 1. The van der Waals surface area contributed by atoms with Crippen LogP contribution in [0.5, 0.6) is 0 Å². The number of nitrogens with one attached hydrogen (secondary N) is 1. The van der Waals surface area contributed by atoms with E-state index in [1.54, 1.807) is 13.1 Å². The molecule has 0 atom stereocenters. The lowest BCUT2D eigenvalue weighted by Crippen LogP contribution is -2.00. The molecular formula is C11H12BrNO2. The Morgan fingerprint density at radius 1 is 1.47 bits per heavy atom. The van der Waals surface area contributed by atoms with Gasteiger partial charge in [-0.3, -0.25) is 0 Å². The van der Waals surface area contributed by atoms with Crippen LogP contribution in [0.25, 0.3) is 0 Å². The smallest absolute Gasteiger partial charge is 0.332 e. The monoisotopic (exact) mass is 269 g/mol. The van der Waals surface area contributed by atoms with E-state index in [1.165, 1.54) is 6.08 Å². The van der Waals surface area contributed by atoms with E-state index >= 15 is 0 Å². The Morgan fingerprint density at radius 2 is 2.13 bits per heavy atom. The molecule has 0 aliphatic carbocycles. The Balaban J connectivity index is 2.43. The molecule has 0 unspecified atom stereocenters. The van der Waals surface area contributed by atoms with Crippen molar-refractivity contribution >= 4 is 27.6 Å². The van der Waals surface area contributed by atoms with Gasteiger partial charge in [0.05, 0.1) is 6.61 Å². The van der Waals surface area contributed by atoms with Crippen LogP contribution in [0.15, 0.2) is 41.0 Å². The Bertz CT molecular complexity index is 346. The summed E-state index contributed by atoms with van der Waals surface area (Å²) >= 11 is 3.34. The summed E-state index contributed by atoms with van der Waals surface area (Å²) in [5, 5.41) is 2.96. The molecular weight excluding hydrogens is 258 g/mol. The third kappa shape index (κ3) is 4.65. The molecule has 80 valence electrons. The minimum absolute atomic E-state index is 0.345. The van der Waals surface area contributed by atoms with Crippen LogP contribution in [0.2, 0.25) is 0 Å². The van der Waals surface area contributed by atoms with Crippen LogP contribution in [0, 0.1) is 0 Å². The molecule has 1 aromatic carbocycles. The van der Waals surface area contributed by atoms with Crippen molar-refractivity contribution in [1.29, 1.82) is 0 Å². The van der Waals surface area contributed by atoms with Crippen LogP contribution in [-0.4, -0.2) is 12.6 Å². The highest BCUT2D eigenvalue weighted by atomic mass is 79.9. The number of carbonyl (C=O) groups excluding carboxylic acids is 1. The summed E-state index contributed by atoms with van der Waals surface area (Å²) in [6, 6.07) is 7.64. The Hall–Kier alpha value is -1.29. The SMILES string of the molecule is CCOC(=O)C=CNc1ccc(Br)cc1. The van der Waals surface area contributed by atoms with Gasteiger partial charge in [0, 0.05) is 22.4 Å². The maximum absolute atomic E-state index is 10.9. The zero-order valence-corrected chi connectivity index (χ0v) is 9.95. The quantitative estimate of drug-likeness (QED) is 0.675. The molecule has 0 fully saturated rings. The van der Waals surface area contributed by atoms with Crippen molar-refractivity contribution in [2.75, 3.05) is 11.9 Å². The Labute approximate surface area is 97.3 Å². The lowest BCUT2D eigenvalue weighted by molar-refractivity contribution is -0.137.